The Morgan fingerprint density at radius 1 is 0.722 bits per heavy atom. The number of hydrogen-bond acceptors (Lipinski definition) is 4. The Labute approximate surface area is 207 Å². The minimum absolute atomic E-state index is 0.0472. The van der Waals surface area contributed by atoms with Crippen molar-refractivity contribution in [2.24, 2.45) is 5.29 Å². The smallest absolute Gasteiger partial charge is 0.307 e. The highest BCUT2D eigenvalue weighted by Gasteiger charge is 2.31. The van der Waals surface area contributed by atoms with Gasteiger partial charge in [-0.3, -0.25) is 9.69 Å². The molecule has 4 aromatic carbocycles. The number of Topliss-reactive ketones (excluding diaryl/α,β-unsaturated/α-hetero) is 1. The molecule has 36 heavy (non-hydrogen) atoms. The first-order valence-corrected chi connectivity index (χ1v) is 11.5. The van der Waals surface area contributed by atoms with Crippen LogP contribution in [0.3, 0.4) is 0 Å². The van der Waals surface area contributed by atoms with Gasteiger partial charge < -0.3 is 5.32 Å². The van der Waals surface area contributed by atoms with Gasteiger partial charge in [0.15, 0.2) is 5.78 Å². The Balaban J connectivity index is 1.50. The van der Waals surface area contributed by atoms with Gasteiger partial charge in [0.1, 0.15) is 0 Å². The number of urea groups is 1. The van der Waals surface area contributed by atoms with Gasteiger partial charge in [-0.2, -0.15) is 5.01 Å². The predicted octanol–water partition coefficient (Wildman–Crippen LogP) is 6.60. The molecule has 6 rings (SSSR count). The van der Waals surface area contributed by atoms with Gasteiger partial charge in [0, 0.05) is 23.1 Å². The molecule has 2 aliphatic heterocycles. The van der Waals surface area contributed by atoms with Crippen molar-refractivity contribution in [1.82, 2.24) is 5.32 Å². The number of nitroso groups, excluding NO2 is 1. The van der Waals surface area contributed by atoms with Gasteiger partial charge in [-0.1, -0.05) is 66.7 Å². The van der Waals surface area contributed by atoms with Crippen molar-refractivity contribution in [1.29, 1.82) is 0 Å². The van der Waals surface area contributed by atoms with Crippen molar-refractivity contribution in [2.75, 3.05) is 9.91 Å². The van der Waals surface area contributed by atoms with E-state index in [9.17, 15) is 14.5 Å². The Morgan fingerprint density at radius 3 is 2.11 bits per heavy atom. The summed E-state index contributed by atoms with van der Waals surface area (Å²) in [7, 11) is 0. The van der Waals surface area contributed by atoms with Crippen LogP contribution < -0.4 is 15.2 Å². The molecule has 0 spiro atoms. The zero-order chi connectivity index (χ0) is 24.6. The van der Waals surface area contributed by atoms with E-state index < -0.39 is 6.03 Å². The molecule has 4 aromatic rings. The second-order valence-electron chi connectivity index (χ2n) is 8.54. The van der Waals surface area contributed by atoms with E-state index in [4.69, 9.17) is 0 Å². The Kier molecular flexibility index (Phi) is 5.15. The number of amides is 2. The molecular weight excluding hydrogens is 452 g/mol. The number of ketones is 1. The van der Waals surface area contributed by atoms with Crippen LogP contribution in [-0.2, 0) is 6.42 Å². The van der Waals surface area contributed by atoms with Gasteiger partial charge in [-0.05, 0) is 42.0 Å². The summed E-state index contributed by atoms with van der Waals surface area (Å²) in [5.74, 6) is -0.0472. The summed E-state index contributed by atoms with van der Waals surface area (Å²) >= 11 is 0. The molecule has 0 atom stereocenters. The molecule has 0 fully saturated rings. The zero-order valence-electron chi connectivity index (χ0n) is 19.1. The Hall–Kier alpha value is -5.04. The number of rotatable bonds is 2. The van der Waals surface area contributed by atoms with Crippen molar-refractivity contribution in [3.63, 3.8) is 0 Å². The molecule has 0 saturated carbocycles. The lowest BCUT2D eigenvalue weighted by Crippen LogP contribution is -2.36. The van der Waals surface area contributed by atoms with Crippen LogP contribution in [0.5, 0.6) is 0 Å². The molecule has 174 valence electrons. The Morgan fingerprint density at radius 2 is 1.33 bits per heavy atom. The van der Waals surface area contributed by atoms with Crippen LogP contribution in [0.25, 0.3) is 11.8 Å². The van der Waals surface area contributed by atoms with Crippen molar-refractivity contribution < 1.29 is 9.59 Å². The summed E-state index contributed by atoms with van der Waals surface area (Å²) in [5, 5.41) is 7.65. The summed E-state index contributed by atoms with van der Waals surface area (Å²) in [6, 6.07) is 28.8. The first-order valence-electron chi connectivity index (χ1n) is 11.5. The van der Waals surface area contributed by atoms with Crippen molar-refractivity contribution >= 4 is 46.3 Å². The summed E-state index contributed by atoms with van der Waals surface area (Å²) in [4.78, 5) is 40.5. The largest absolute Gasteiger partial charge is 0.330 e. The Bertz CT molecular complexity index is 1580. The quantitative estimate of drug-likeness (QED) is 0.333. The lowest BCUT2D eigenvalue weighted by Gasteiger charge is -2.26. The molecule has 7 nitrogen and oxygen atoms in total. The molecule has 7 heteroatoms. The maximum Gasteiger partial charge on any atom is 0.330 e. The molecule has 0 unspecified atom stereocenters. The topological polar surface area (TPSA) is 82.1 Å². The summed E-state index contributed by atoms with van der Waals surface area (Å²) in [6.07, 6.45) is 2.04. The van der Waals surface area contributed by atoms with E-state index in [1.807, 2.05) is 78.9 Å². The first-order chi connectivity index (χ1) is 17.7. The van der Waals surface area contributed by atoms with Gasteiger partial charge in [-0.25, -0.2) is 4.79 Å². The summed E-state index contributed by atoms with van der Waals surface area (Å²) < 4.78 is 0. The van der Waals surface area contributed by atoms with Crippen LogP contribution >= 0.6 is 0 Å². The highest BCUT2D eigenvalue weighted by atomic mass is 16.3. The molecule has 1 N–H and O–H groups in total. The van der Waals surface area contributed by atoms with Crippen LogP contribution in [0.2, 0.25) is 0 Å². The minimum Gasteiger partial charge on any atom is -0.307 e. The molecule has 2 amide bonds. The van der Waals surface area contributed by atoms with Crippen molar-refractivity contribution in [3.05, 3.63) is 124 Å². The van der Waals surface area contributed by atoms with E-state index >= 15 is 0 Å². The number of para-hydroxylation sites is 4. The third-order valence-electron chi connectivity index (χ3n) is 6.44. The number of anilines is 4. The summed E-state index contributed by atoms with van der Waals surface area (Å²) in [5.41, 5.74) is 5.48. The predicted molar refractivity (Wildman–Crippen MR) is 140 cm³/mol. The first kappa shape index (κ1) is 21.5. The second kappa shape index (κ2) is 8.63. The molecule has 0 radical (unpaired) electrons. The molecule has 0 bridgehead atoms. The zero-order valence-corrected chi connectivity index (χ0v) is 19.1. The van der Waals surface area contributed by atoms with E-state index in [1.165, 1.54) is 5.01 Å². The molecule has 2 heterocycles. The maximum atomic E-state index is 14.0. The normalized spacial score (nSPS) is 13.8. The van der Waals surface area contributed by atoms with Crippen LogP contribution in [0.15, 0.2) is 102 Å². The molecule has 0 aromatic heterocycles. The maximum absolute atomic E-state index is 14.0. The lowest BCUT2D eigenvalue weighted by atomic mass is 10.0. The van der Waals surface area contributed by atoms with E-state index in [-0.39, 0.29) is 12.2 Å². The number of hydrogen-bond donors (Lipinski definition) is 1. The average Bonchev–Trinajstić information content (AvgIpc) is 3.12. The molecular formula is C29H20N4O3. The van der Waals surface area contributed by atoms with Gasteiger partial charge in [0.05, 0.1) is 33.7 Å². The monoisotopic (exact) mass is 472 g/mol. The van der Waals surface area contributed by atoms with Crippen LogP contribution in [0.1, 0.15) is 27.0 Å². The third-order valence-corrected chi connectivity index (χ3v) is 6.44. The minimum atomic E-state index is -0.421. The van der Waals surface area contributed by atoms with Gasteiger partial charge in [0.25, 0.3) is 0 Å². The third kappa shape index (κ3) is 3.45. The second-order valence-corrected chi connectivity index (χ2v) is 8.54. The van der Waals surface area contributed by atoms with Crippen LogP contribution in [-0.4, -0.2) is 11.8 Å². The van der Waals surface area contributed by atoms with Gasteiger partial charge in [-0.15, -0.1) is 4.91 Å². The van der Waals surface area contributed by atoms with E-state index in [1.54, 1.807) is 29.2 Å². The fourth-order valence-corrected chi connectivity index (χ4v) is 4.81. The summed E-state index contributed by atoms with van der Waals surface area (Å²) in [6.45, 7) is 0. The van der Waals surface area contributed by atoms with E-state index in [0.29, 0.717) is 39.6 Å². The highest BCUT2D eigenvalue weighted by molar-refractivity contribution is 6.14. The van der Waals surface area contributed by atoms with Gasteiger partial charge in [0.2, 0.25) is 0 Å². The molecule has 2 aliphatic rings. The molecule has 0 saturated heterocycles. The number of fused-ring (bicyclic) bond motifs is 4. The number of nitrogens with one attached hydrogen (secondary N) is 1. The average molecular weight is 473 g/mol. The van der Waals surface area contributed by atoms with E-state index in [2.05, 4.69) is 10.6 Å². The number of carbonyl (C=O) groups excluding carboxylic acids is 2. The fraction of sp³-hybridized carbons (Fsp3) is 0.0345. The number of benzene rings is 4. The SMILES string of the molecule is O=NN1c2ccccc2C=C(NC(=O)N2c3ccccc3CC(=O)c3ccccc32)c2ccccc21. The van der Waals surface area contributed by atoms with Crippen LogP contribution in [0, 0.1) is 4.91 Å². The highest BCUT2D eigenvalue weighted by Crippen LogP contribution is 2.40. The standard InChI is InChI=1S/C29H20N4O3/c34-28-18-20-10-1-5-13-24(20)32(26-15-7-4-12-22(26)28)29(35)30-23-17-19-9-2-6-14-25(19)33(31-36)27-16-8-3-11-21(23)27/h1-17H,18H2,(H,30,35). The number of nitrogens with zero attached hydrogens (tertiary/aromatic N) is 3. The lowest BCUT2D eigenvalue weighted by molar-refractivity contribution is 0.0994. The van der Waals surface area contributed by atoms with E-state index in [0.717, 1.165) is 11.1 Å². The van der Waals surface area contributed by atoms with Crippen molar-refractivity contribution in [3.8, 4) is 0 Å². The fourth-order valence-electron chi connectivity index (χ4n) is 4.81. The molecule has 0 aliphatic carbocycles. The number of carbonyl (C=O) groups is 2. The van der Waals surface area contributed by atoms with Crippen LogP contribution in [0.4, 0.5) is 27.5 Å². The van der Waals surface area contributed by atoms with Gasteiger partial charge >= 0.3 is 6.03 Å². The van der Waals surface area contributed by atoms with Crippen molar-refractivity contribution in [2.45, 2.75) is 6.42 Å².